The Labute approximate surface area is 173 Å². The highest BCUT2D eigenvalue weighted by Crippen LogP contribution is 2.27. The van der Waals surface area contributed by atoms with Gasteiger partial charge in [0.25, 0.3) is 10.0 Å². The van der Waals surface area contributed by atoms with Gasteiger partial charge in [-0.3, -0.25) is 14.4 Å². The Bertz CT molecular complexity index is 979. The summed E-state index contributed by atoms with van der Waals surface area (Å²) in [5, 5.41) is 0. The quantitative estimate of drug-likeness (QED) is 0.758. The minimum absolute atomic E-state index is 0.0466. The first-order valence-electron chi connectivity index (χ1n) is 9.82. The number of nitrogens with two attached hydrogens (primary N) is 1. The summed E-state index contributed by atoms with van der Waals surface area (Å²) in [7, 11) is -3.72. The Morgan fingerprint density at radius 2 is 1.79 bits per heavy atom. The lowest BCUT2D eigenvalue weighted by Gasteiger charge is -2.23. The predicted molar refractivity (Wildman–Crippen MR) is 115 cm³/mol. The Hall–Kier alpha value is -2.38. The van der Waals surface area contributed by atoms with E-state index >= 15 is 0 Å². The molecule has 0 radical (unpaired) electrons. The second-order valence-corrected chi connectivity index (χ2v) is 10.3. The lowest BCUT2D eigenvalue weighted by Crippen LogP contribution is -2.39. The zero-order valence-corrected chi connectivity index (χ0v) is 18.0. The molecule has 2 aromatic carbocycles. The van der Waals surface area contributed by atoms with Gasteiger partial charge in [-0.1, -0.05) is 51.1 Å². The Morgan fingerprint density at radius 1 is 1.14 bits per heavy atom. The molecule has 1 aliphatic rings. The number of hydrogen-bond acceptors (Lipinski definition) is 4. The average Bonchev–Trinajstić information content (AvgIpc) is 3.11. The molecule has 1 atom stereocenters. The topological polar surface area (TPSA) is 92.5 Å². The van der Waals surface area contributed by atoms with Gasteiger partial charge in [0.2, 0.25) is 5.91 Å². The molecule has 0 bridgehead atoms. The van der Waals surface area contributed by atoms with E-state index in [1.165, 1.54) is 0 Å². The zero-order chi connectivity index (χ0) is 21.2. The zero-order valence-electron chi connectivity index (χ0n) is 17.2. The van der Waals surface area contributed by atoms with Crippen molar-refractivity contribution in [1.29, 1.82) is 0 Å². The fourth-order valence-electron chi connectivity index (χ4n) is 3.65. The van der Waals surface area contributed by atoms with Gasteiger partial charge in [-0.2, -0.15) is 0 Å². The lowest BCUT2D eigenvalue weighted by molar-refractivity contribution is -0.122. The number of anilines is 1. The summed E-state index contributed by atoms with van der Waals surface area (Å²) in [4.78, 5) is 13.9. The van der Waals surface area contributed by atoms with Crippen LogP contribution < -0.4 is 10.5 Å². The predicted octanol–water partition coefficient (Wildman–Crippen LogP) is 3.23. The van der Waals surface area contributed by atoms with Crippen LogP contribution in [0.3, 0.4) is 0 Å². The van der Waals surface area contributed by atoms with E-state index in [-0.39, 0.29) is 22.3 Å². The number of carbonyl (C=O) groups excluding carboxylic acids is 1. The molecule has 1 amide bonds. The summed E-state index contributed by atoms with van der Waals surface area (Å²) < 4.78 is 28.6. The lowest BCUT2D eigenvalue weighted by atomic mass is 9.87. The van der Waals surface area contributed by atoms with Gasteiger partial charge >= 0.3 is 0 Å². The molecule has 1 aliphatic heterocycles. The third-order valence-electron chi connectivity index (χ3n) is 5.36. The van der Waals surface area contributed by atoms with Gasteiger partial charge in [0.05, 0.1) is 16.6 Å². The number of primary amides is 1. The van der Waals surface area contributed by atoms with E-state index in [9.17, 15) is 13.2 Å². The third kappa shape index (κ3) is 4.97. The summed E-state index contributed by atoms with van der Waals surface area (Å²) >= 11 is 0. The van der Waals surface area contributed by atoms with Crippen molar-refractivity contribution in [3.63, 3.8) is 0 Å². The molecule has 0 aliphatic carbocycles. The van der Waals surface area contributed by atoms with Gasteiger partial charge in [0, 0.05) is 6.54 Å². The molecule has 7 heteroatoms. The Morgan fingerprint density at radius 3 is 2.41 bits per heavy atom. The largest absolute Gasteiger partial charge is 0.368 e. The van der Waals surface area contributed by atoms with Crippen molar-refractivity contribution in [3.05, 3.63) is 59.7 Å². The molecule has 3 rings (SSSR count). The number of likely N-dealkylation sites (tertiary alicyclic amines) is 1. The molecular formula is C22H29N3O3S. The number of carbonyl (C=O) groups is 1. The minimum atomic E-state index is -3.72. The Kier molecular flexibility index (Phi) is 6.00. The van der Waals surface area contributed by atoms with Crippen LogP contribution in [0.1, 0.15) is 44.7 Å². The van der Waals surface area contributed by atoms with Crippen LogP contribution in [0.25, 0.3) is 0 Å². The van der Waals surface area contributed by atoms with Crippen molar-refractivity contribution < 1.29 is 13.2 Å². The van der Waals surface area contributed by atoms with Gasteiger partial charge in [-0.15, -0.1) is 0 Å². The first kappa shape index (κ1) is 21.3. The number of hydrogen-bond donors (Lipinski definition) is 2. The van der Waals surface area contributed by atoms with Crippen LogP contribution in [-0.2, 0) is 26.8 Å². The van der Waals surface area contributed by atoms with Crippen LogP contribution >= 0.6 is 0 Å². The SMILES string of the molecule is CC(C)(C)c1ccc(S(=O)(=O)Nc2ccccc2CN2CCCC2C(N)=O)cc1. The second-order valence-electron chi connectivity index (χ2n) is 8.57. The molecule has 1 fully saturated rings. The number of para-hydroxylation sites is 1. The molecule has 0 aromatic heterocycles. The molecule has 0 spiro atoms. The van der Waals surface area contributed by atoms with E-state index in [1.54, 1.807) is 24.3 Å². The number of benzene rings is 2. The minimum Gasteiger partial charge on any atom is -0.368 e. The fraction of sp³-hybridized carbons (Fsp3) is 0.409. The highest BCUT2D eigenvalue weighted by Gasteiger charge is 2.29. The van der Waals surface area contributed by atoms with Crippen molar-refractivity contribution in [2.45, 2.75) is 56.5 Å². The van der Waals surface area contributed by atoms with Crippen LogP contribution in [0, 0.1) is 0 Å². The van der Waals surface area contributed by atoms with Crippen molar-refractivity contribution in [2.24, 2.45) is 5.73 Å². The van der Waals surface area contributed by atoms with Crippen LogP contribution in [0.15, 0.2) is 53.4 Å². The van der Waals surface area contributed by atoms with Crippen molar-refractivity contribution >= 4 is 21.6 Å². The van der Waals surface area contributed by atoms with E-state index in [4.69, 9.17) is 5.73 Å². The van der Waals surface area contributed by atoms with Crippen LogP contribution in [0.2, 0.25) is 0 Å². The standard InChI is InChI=1S/C22H29N3O3S/c1-22(2,3)17-10-12-18(13-11-17)29(27,28)24-19-8-5-4-7-16(19)15-25-14-6-9-20(25)21(23)26/h4-5,7-8,10-13,20,24H,6,9,14-15H2,1-3H3,(H2,23,26). The van der Waals surface area contributed by atoms with E-state index in [2.05, 4.69) is 25.5 Å². The van der Waals surface area contributed by atoms with Gasteiger partial charge in [0.15, 0.2) is 0 Å². The van der Waals surface area contributed by atoms with Crippen LogP contribution in [0.5, 0.6) is 0 Å². The first-order valence-corrected chi connectivity index (χ1v) is 11.3. The summed E-state index contributed by atoms with van der Waals surface area (Å²) in [6.45, 7) is 7.49. The third-order valence-corrected chi connectivity index (χ3v) is 6.74. The molecule has 156 valence electrons. The molecule has 1 unspecified atom stereocenters. The highest BCUT2D eigenvalue weighted by atomic mass is 32.2. The normalized spacial score (nSPS) is 18.0. The average molecular weight is 416 g/mol. The van der Waals surface area contributed by atoms with Crippen molar-refractivity contribution in [2.75, 3.05) is 11.3 Å². The number of amides is 1. The maximum Gasteiger partial charge on any atom is 0.261 e. The van der Waals surface area contributed by atoms with Crippen molar-refractivity contribution in [3.8, 4) is 0 Å². The van der Waals surface area contributed by atoms with E-state index in [0.717, 1.165) is 30.5 Å². The molecule has 2 aromatic rings. The molecule has 29 heavy (non-hydrogen) atoms. The highest BCUT2D eigenvalue weighted by molar-refractivity contribution is 7.92. The van der Waals surface area contributed by atoms with Gasteiger partial charge < -0.3 is 5.73 Å². The molecule has 1 saturated heterocycles. The number of nitrogens with one attached hydrogen (secondary N) is 1. The summed E-state index contributed by atoms with van der Waals surface area (Å²) in [6.07, 6.45) is 1.64. The molecular weight excluding hydrogens is 386 g/mol. The molecule has 6 nitrogen and oxygen atoms in total. The van der Waals surface area contributed by atoms with Crippen LogP contribution in [0.4, 0.5) is 5.69 Å². The summed E-state index contributed by atoms with van der Waals surface area (Å²) in [6, 6.07) is 13.9. The first-order chi connectivity index (χ1) is 13.6. The van der Waals surface area contributed by atoms with E-state index < -0.39 is 10.0 Å². The molecule has 0 saturated carbocycles. The molecule has 1 heterocycles. The smallest absolute Gasteiger partial charge is 0.261 e. The maximum atomic E-state index is 12.9. The van der Waals surface area contributed by atoms with Gasteiger partial charge in [-0.05, 0) is 54.1 Å². The number of nitrogens with zero attached hydrogens (tertiary/aromatic N) is 1. The van der Waals surface area contributed by atoms with Crippen molar-refractivity contribution in [1.82, 2.24) is 4.90 Å². The van der Waals surface area contributed by atoms with Gasteiger partial charge in [0.1, 0.15) is 0 Å². The summed E-state index contributed by atoms with van der Waals surface area (Å²) in [5.74, 6) is -0.334. The fourth-order valence-corrected chi connectivity index (χ4v) is 4.75. The van der Waals surface area contributed by atoms with Crippen LogP contribution in [-0.4, -0.2) is 31.8 Å². The van der Waals surface area contributed by atoms with E-state index in [0.29, 0.717) is 12.2 Å². The maximum absolute atomic E-state index is 12.9. The second kappa shape index (κ2) is 8.16. The monoisotopic (exact) mass is 415 g/mol. The molecule has 3 N–H and O–H groups in total. The van der Waals surface area contributed by atoms with Gasteiger partial charge in [-0.25, -0.2) is 8.42 Å². The summed E-state index contributed by atoms with van der Waals surface area (Å²) in [5.41, 5.74) is 7.87. The Balaban J connectivity index is 1.82. The van der Waals surface area contributed by atoms with E-state index in [1.807, 2.05) is 29.2 Å². The number of sulfonamides is 1. The number of rotatable bonds is 6.